The monoisotopic (exact) mass is 390 g/mol. The molecule has 0 saturated heterocycles. The highest BCUT2D eigenvalue weighted by Gasteiger charge is 2.22. The lowest BCUT2D eigenvalue weighted by Crippen LogP contribution is -2.37. The number of carbonyl (C=O) groups is 2. The van der Waals surface area contributed by atoms with Crippen LogP contribution in [-0.4, -0.2) is 39.7 Å². The molecule has 0 spiro atoms. The molecule has 0 saturated carbocycles. The largest absolute Gasteiger partial charge is 0.462 e. The van der Waals surface area contributed by atoms with Crippen LogP contribution in [-0.2, 0) is 19.6 Å². The van der Waals surface area contributed by atoms with E-state index < -0.39 is 21.9 Å². The molecule has 0 atom stereocenters. The number of sulfonamides is 1. The highest BCUT2D eigenvalue weighted by molar-refractivity contribution is 7.92. The lowest BCUT2D eigenvalue weighted by atomic mass is 10.2. The fraction of sp³-hybridized carbons (Fsp3) is 0.263. The van der Waals surface area contributed by atoms with E-state index in [1.165, 1.54) is 6.07 Å². The van der Waals surface area contributed by atoms with Gasteiger partial charge in [0.05, 0.1) is 24.1 Å². The van der Waals surface area contributed by atoms with Crippen molar-refractivity contribution in [1.29, 1.82) is 0 Å². The lowest BCUT2D eigenvalue weighted by molar-refractivity contribution is -0.114. The predicted molar refractivity (Wildman–Crippen MR) is 104 cm³/mol. The van der Waals surface area contributed by atoms with E-state index in [9.17, 15) is 18.0 Å². The first-order valence-electron chi connectivity index (χ1n) is 8.32. The lowest BCUT2D eigenvalue weighted by Gasteiger charge is -2.23. The summed E-state index contributed by atoms with van der Waals surface area (Å²) < 4.78 is 30.3. The third-order valence-electron chi connectivity index (χ3n) is 3.73. The SMILES string of the molecule is CCOC(=O)c1cccc(NC(=O)CN(c2ccccc2C)S(C)(=O)=O)c1. The van der Waals surface area contributed by atoms with Crippen LogP contribution in [0.5, 0.6) is 0 Å². The molecule has 0 heterocycles. The van der Waals surface area contributed by atoms with Gasteiger partial charge in [0, 0.05) is 5.69 Å². The Balaban J connectivity index is 2.19. The first-order chi connectivity index (χ1) is 12.7. The summed E-state index contributed by atoms with van der Waals surface area (Å²) in [4.78, 5) is 24.2. The first-order valence-corrected chi connectivity index (χ1v) is 10.2. The zero-order valence-electron chi connectivity index (χ0n) is 15.4. The number of esters is 1. The van der Waals surface area contributed by atoms with Gasteiger partial charge in [0.25, 0.3) is 0 Å². The first kappa shape index (κ1) is 20.4. The zero-order valence-corrected chi connectivity index (χ0v) is 16.2. The summed E-state index contributed by atoms with van der Waals surface area (Å²) in [6, 6.07) is 13.2. The second-order valence-corrected chi connectivity index (χ2v) is 7.81. The number of benzene rings is 2. The average Bonchev–Trinajstić information content (AvgIpc) is 2.60. The minimum atomic E-state index is -3.66. The smallest absolute Gasteiger partial charge is 0.338 e. The Labute approximate surface area is 159 Å². The van der Waals surface area contributed by atoms with E-state index in [0.29, 0.717) is 16.9 Å². The minimum Gasteiger partial charge on any atom is -0.462 e. The maximum atomic E-state index is 12.4. The van der Waals surface area contributed by atoms with E-state index >= 15 is 0 Å². The number of hydrogen-bond acceptors (Lipinski definition) is 5. The van der Waals surface area contributed by atoms with Crippen LogP contribution in [0.3, 0.4) is 0 Å². The summed E-state index contributed by atoms with van der Waals surface area (Å²) >= 11 is 0. The highest BCUT2D eigenvalue weighted by Crippen LogP contribution is 2.22. The molecule has 0 aliphatic carbocycles. The molecular formula is C19H22N2O5S. The van der Waals surface area contributed by atoms with Gasteiger partial charge < -0.3 is 10.1 Å². The second-order valence-electron chi connectivity index (χ2n) is 5.91. The van der Waals surface area contributed by atoms with Gasteiger partial charge in [-0.3, -0.25) is 9.10 Å². The molecular weight excluding hydrogens is 368 g/mol. The topological polar surface area (TPSA) is 92.8 Å². The molecule has 2 aromatic rings. The van der Waals surface area contributed by atoms with E-state index in [2.05, 4.69) is 5.32 Å². The molecule has 144 valence electrons. The number of nitrogens with one attached hydrogen (secondary N) is 1. The molecule has 1 amide bonds. The van der Waals surface area contributed by atoms with Crippen molar-refractivity contribution in [2.45, 2.75) is 13.8 Å². The normalized spacial score (nSPS) is 10.9. The molecule has 0 aromatic heterocycles. The molecule has 2 aromatic carbocycles. The number of carbonyl (C=O) groups excluding carboxylic acids is 2. The fourth-order valence-corrected chi connectivity index (χ4v) is 3.41. The molecule has 0 radical (unpaired) electrons. The van der Waals surface area contributed by atoms with Crippen molar-refractivity contribution in [2.75, 3.05) is 29.0 Å². The minimum absolute atomic E-state index is 0.245. The third-order valence-corrected chi connectivity index (χ3v) is 4.86. The van der Waals surface area contributed by atoms with Gasteiger partial charge >= 0.3 is 5.97 Å². The van der Waals surface area contributed by atoms with Gasteiger partial charge in [0.2, 0.25) is 15.9 Å². The van der Waals surface area contributed by atoms with E-state index in [1.54, 1.807) is 56.3 Å². The zero-order chi connectivity index (χ0) is 20.0. The second kappa shape index (κ2) is 8.68. The Morgan fingerprint density at radius 1 is 1.11 bits per heavy atom. The van der Waals surface area contributed by atoms with Crippen LogP contribution in [0.4, 0.5) is 11.4 Å². The molecule has 0 bridgehead atoms. The molecule has 8 heteroatoms. The van der Waals surface area contributed by atoms with Crippen LogP contribution in [0, 0.1) is 6.92 Å². The van der Waals surface area contributed by atoms with Crippen LogP contribution in [0.15, 0.2) is 48.5 Å². The van der Waals surface area contributed by atoms with Gasteiger partial charge in [-0.05, 0) is 43.7 Å². The number of rotatable bonds is 7. The molecule has 2 rings (SSSR count). The number of anilines is 2. The number of amides is 1. The Bertz CT molecular complexity index is 941. The van der Waals surface area contributed by atoms with Crippen molar-refractivity contribution >= 4 is 33.3 Å². The van der Waals surface area contributed by atoms with Gasteiger partial charge in [0.15, 0.2) is 0 Å². The summed E-state index contributed by atoms with van der Waals surface area (Å²) in [5, 5.41) is 2.62. The van der Waals surface area contributed by atoms with Crippen LogP contribution in [0.1, 0.15) is 22.8 Å². The van der Waals surface area contributed by atoms with Gasteiger partial charge in [-0.15, -0.1) is 0 Å². The average molecular weight is 390 g/mol. The van der Waals surface area contributed by atoms with Crippen molar-refractivity contribution < 1.29 is 22.7 Å². The number of para-hydroxylation sites is 1. The molecule has 0 fully saturated rings. The van der Waals surface area contributed by atoms with Gasteiger partial charge in [-0.2, -0.15) is 0 Å². The number of nitrogens with zero attached hydrogens (tertiary/aromatic N) is 1. The molecule has 0 aliphatic rings. The van der Waals surface area contributed by atoms with Crippen LogP contribution in [0.25, 0.3) is 0 Å². The van der Waals surface area contributed by atoms with Crippen molar-refractivity contribution in [1.82, 2.24) is 0 Å². The maximum Gasteiger partial charge on any atom is 0.338 e. The summed E-state index contributed by atoms with van der Waals surface area (Å²) in [6.45, 7) is 3.34. The van der Waals surface area contributed by atoms with Gasteiger partial charge in [-0.1, -0.05) is 24.3 Å². The fourth-order valence-electron chi connectivity index (χ4n) is 2.49. The van der Waals surface area contributed by atoms with Gasteiger partial charge in [-0.25, -0.2) is 13.2 Å². The molecule has 0 unspecified atom stereocenters. The van der Waals surface area contributed by atoms with Crippen LogP contribution < -0.4 is 9.62 Å². The Morgan fingerprint density at radius 2 is 1.81 bits per heavy atom. The highest BCUT2D eigenvalue weighted by atomic mass is 32.2. The molecule has 0 aliphatic heterocycles. The van der Waals surface area contributed by atoms with Crippen molar-refractivity contribution in [3.05, 3.63) is 59.7 Å². The molecule has 7 nitrogen and oxygen atoms in total. The Hall–Kier alpha value is -2.87. The Kier molecular flexibility index (Phi) is 6.57. The summed E-state index contributed by atoms with van der Waals surface area (Å²) in [5.74, 6) is -1.02. The number of aryl methyl sites for hydroxylation is 1. The standard InChI is InChI=1S/C19H22N2O5S/c1-4-26-19(23)15-9-7-10-16(12-15)20-18(22)13-21(27(3,24)25)17-11-6-5-8-14(17)2/h5-12H,4,13H2,1-3H3,(H,20,22). The van der Waals surface area contributed by atoms with Crippen molar-refractivity contribution in [3.63, 3.8) is 0 Å². The van der Waals surface area contributed by atoms with E-state index in [4.69, 9.17) is 4.74 Å². The number of ether oxygens (including phenoxy) is 1. The third kappa shape index (κ3) is 5.55. The maximum absolute atomic E-state index is 12.4. The van der Waals surface area contributed by atoms with E-state index in [-0.39, 0.29) is 13.2 Å². The summed E-state index contributed by atoms with van der Waals surface area (Å²) in [5.41, 5.74) is 1.85. The Morgan fingerprint density at radius 3 is 2.44 bits per heavy atom. The summed E-state index contributed by atoms with van der Waals surface area (Å²) in [7, 11) is -3.66. The van der Waals surface area contributed by atoms with Gasteiger partial charge in [0.1, 0.15) is 6.54 Å². The summed E-state index contributed by atoms with van der Waals surface area (Å²) in [6.07, 6.45) is 1.05. The predicted octanol–water partition coefficient (Wildman–Crippen LogP) is 2.58. The van der Waals surface area contributed by atoms with Crippen molar-refractivity contribution in [3.8, 4) is 0 Å². The van der Waals surface area contributed by atoms with E-state index in [0.717, 1.165) is 16.1 Å². The number of hydrogen-bond donors (Lipinski definition) is 1. The molecule has 1 N–H and O–H groups in total. The molecule has 27 heavy (non-hydrogen) atoms. The van der Waals surface area contributed by atoms with E-state index in [1.807, 2.05) is 0 Å². The van der Waals surface area contributed by atoms with Crippen LogP contribution >= 0.6 is 0 Å². The van der Waals surface area contributed by atoms with Crippen LogP contribution in [0.2, 0.25) is 0 Å². The quantitative estimate of drug-likeness (QED) is 0.734. The van der Waals surface area contributed by atoms with Crippen molar-refractivity contribution in [2.24, 2.45) is 0 Å².